The van der Waals surface area contributed by atoms with Gasteiger partial charge >= 0.3 is 0 Å². The van der Waals surface area contributed by atoms with Crippen LogP contribution in [-0.4, -0.2) is 14.2 Å². The number of ether oxygens (including phenoxy) is 2. The van der Waals surface area contributed by atoms with Crippen LogP contribution >= 0.6 is 0 Å². The minimum atomic E-state index is 0.808. The number of benzene rings is 2. The quantitative estimate of drug-likeness (QED) is 0.800. The van der Waals surface area contributed by atoms with Crippen LogP contribution in [0.1, 0.15) is 23.1 Å². The second-order valence-corrected chi connectivity index (χ2v) is 4.92. The van der Waals surface area contributed by atoms with E-state index in [4.69, 9.17) is 9.47 Å². The molecule has 0 N–H and O–H groups in total. The molecule has 0 radical (unpaired) electrons. The van der Waals surface area contributed by atoms with Crippen molar-refractivity contribution < 1.29 is 9.47 Å². The molecule has 18 heavy (non-hydrogen) atoms. The Kier molecular flexibility index (Phi) is 2.66. The molecule has 3 rings (SSSR count). The third-order valence-corrected chi connectivity index (χ3v) is 4.00. The largest absolute Gasteiger partial charge is 0.493 e. The monoisotopic (exact) mass is 242 g/mol. The summed E-state index contributed by atoms with van der Waals surface area (Å²) >= 11 is 0. The summed E-state index contributed by atoms with van der Waals surface area (Å²) in [6.45, 7) is 2.22. The zero-order valence-electron chi connectivity index (χ0n) is 11.2. The lowest BCUT2D eigenvalue weighted by Gasteiger charge is -2.13. The standard InChI is InChI=1S/C16H18O2/c1-10-13-6-4-5-11(13)7-12-8-15(17-2)16(18-3)9-14(10)12/h7-9H,4-6H2,1-3H3. The lowest BCUT2D eigenvalue weighted by molar-refractivity contribution is 0.356. The Morgan fingerprint density at radius 3 is 2.39 bits per heavy atom. The van der Waals surface area contributed by atoms with Gasteiger partial charge in [0, 0.05) is 0 Å². The fourth-order valence-electron chi connectivity index (χ4n) is 3.04. The van der Waals surface area contributed by atoms with E-state index in [2.05, 4.69) is 25.1 Å². The summed E-state index contributed by atoms with van der Waals surface area (Å²) in [6.07, 6.45) is 3.70. The van der Waals surface area contributed by atoms with Gasteiger partial charge in [-0.1, -0.05) is 6.07 Å². The molecule has 1 aliphatic carbocycles. The van der Waals surface area contributed by atoms with E-state index < -0.39 is 0 Å². The first-order valence-corrected chi connectivity index (χ1v) is 6.41. The van der Waals surface area contributed by atoms with Crippen molar-refractivity contribution in [2.45, 2.75) is 26.2 Å². The topological polar surface area (TPSA) is 18.5 Å². The maximum absolute atomic E-state index is 5.39. The fraction of sp³-hybridized carbons (Fsp3) is 0.375. The molecule has 0 unspecified atom stereocenters. The molecular formula is C16H18O2. The van der Waals surface area contributed by atoms with Crippen LogP contribution in [0.4, 0.5) is 0 Å². The van der Waals surface area contributed by atoms with Crippen molar-refractivity contribution in [3.63, 3.8) is 0 Å². The summed E-state index contributed by atoms with van der Waals surface area (Å²) in [6, 6.07) is 6.49. The van der Waals surface area contributed by atoms with Crippen molar-refractivity contribution in [3.8, 4) is 11.5 Å². The van der Waals surface area contributed by atoms with E-state index in [1.807, 2.05) is 0 Å². The predicted molar refractivity (Wildman–Crippen MR) is 73.8 cm³/mol. The van der Waals surface area contributed by atoms with Crippen LogP contribution in [0.25, 0.3) is 10.8 Å². The zero-order chi connectivity index (χ0) is 12.7. The summed E-state index contributed by atoms with van der Waals surface area (Å²) in [5, 5.41) is 2.54. The minimum Gasteiger partial charge on any atom is -0.493 e. The van der Waals surface area contributed by atoms with E-state index in [0.29, 0.717) is 0 Å². The maximum Gasteiger partial charge on any atom is 0.161 e. The Bertz CT molecular complexity index is 614. The first-order chi connectivity index (χ1) is 8.74. The molecule has 0 atom stereocenters. The van der Waals surface area contributed by atoms with Crippen molar-refractivity contribution in [2.24, 2.45) is 0 Å². The normalized spacial score (nSPS) is 13.7. The van der Waals surface area contributed by atoms with Gasteiger partial charge in [0.15, 0.2) is 11.5 Å². The summed E-state index contributed by atoms with van der Waals surface area (Å²) in [5.41, 5.74) is 4.45. The highest BCUT2D eigenvalue weighted by Gasteiger charge is 2.17. The Balaban J connectivity index is 2.33. The molecule has 0 aromatic heterocycles. The molecule has 0 spiro atoms. The Morgan fingerprint density at radius 2 is 1.67 bits per heavy atom. The third kappa shape index (κ3) is 1.56. The smallest absolute Gasteiger partial charge is 0.161 e. The van der Waals surface area contributed by atoms with Gasteiger partial charge in [0.05, 0.1) is 14.2 Å². The highest BCUT2D eigenvalue weighted by Crippen LogP contribution is 2.37. The summed E-state index contributed by atoms with van der Waals surface area (Å²) in [7, 11) is 3.37. The molecule has 2 aromatic carbocycles. The van der Waals surface area contributed by atoms with Crippen molar-refractivity contribution >= 4 is 10.8 Å². The van der Waals surface area contributed by atoms with E-state index in [9.17, 15) is 0 Å². The van der Waals surface area contributed by atoms with Gasteiger partial charge in [-0.25, -0.2) is 0 Å². The molecule has 1 aliphatic rings. The number of rotatable bonds is 2. The van der Waals surface area contributed by atoms with Crippen LogP contribution in [0.2, 0.25) is 0 Å². The van der Waals surface area contributed by atoms with E-state index >= 15 is 0 Å². The number of hydrogen-bond donors (Lipinski definition) is 0. The Labute approximate surface area is 108 Å². The summed E-state index contributed by atoms with van der Waals surface area (Å²) < 4.78 is 10.8. The van der Waals surface area contributed by atoms with Crippen molar-refractivity contribution in [1.82, 2.24) is 0 Å². The summed E-state index contributed by atoms with van der Waals surface area (Å²) in [5.74, 6) is 1.62. The van der Waals surface area contributed by atoms with Gasteiger partial charge in [-0.3, -0.25) is 0 Å². The van der Waals surface area contributed by atoms with Crippen molar-refractivity contribution in [3.05, 3.63) is 34.9 Å². The van der Waals surface area contributed by atoms with E-state index in [1.54, 1.807) is 14.2 Å². The van der Waals surface area contributed by atoms with Crippen LogP contribution in [0.5, 0.6) is 11.5 Å². The minimum absolute atomic E-state index is 0.808. The average Bonchev–Trinajstić information content (AvgIpc) is 2.86. The second-order valence-electron chi connectivity index (χ2n) is 4.92. The molecule has 0 amide bonds. The first-order valence-electron chi connectivity index (χ1n) is 6.41. The van der Waals surface area contributed by atoms with Gasteiger partial charge in [-0.2, -0.15) is 0 Å². The molecule has 0 bridgehead atoms. The average molecular weight is 242 g/mol. The van der Waals surface area contributed by atoms with E-state index in [0.717, 1.165) is 11.5 Å². The molecular weight excluding hydrogens is 224 g/mol. The molecule has 0 fully saturated rings. The van der Waals surface area contributed by atoms with Gasteiger partial charge in [0.25, 0.3) is 0 Å². The maximum atomic E-state index is 5.39. The second kappa shape index (κ2) is 4.20. The van der Waals surface area contributed by atoms with Crippen LogP contribution < -0.4 is 9.47 Å². The molecule has 94 valence electrons. The van der Waals surface area contributed by atoms with Crippen LogP contribution in [0.15, 0.2) is 18.2 Å². The number of fused-ring (bicyclic) bond motifs is 2. The lowest BCUT2D eigenvalue weighted by atomic mass is 9.96. The molecule has 0 saturated carbocycles. The molecule has 2 heteroatoms. The third-order valence-electron chi connectivity index (χ3n) is 4.00. The molecule has 0 heterocycles. The lowest BCUT2D eigenvalue weighted by Crippen LogP contribution is -1.94. The van der Waals surface area contributed by atoms with E-state index in [1.165, 1.54) is 46.7 Å². The number of hydrogen-bond acceptors (Lipinski definition) is 2. The van der Waals surface area contributed by atoms with Crippen LogP contribution in [-0.2, 0) is 12.8 Å². The molecule has 2 aromatic rings. The Hall–Kier alpha value is -1.70. The first kappa shape index (κ1) is 11.4. The van der Waals surface area contributed by atoms with Crippen LogP contribution in [0.3, 0.4) is 0 Å². The van der Waals surface area contributed by atoms with Gasteiger partial charge in [-0.15, -0.1) is 0 Å². The van der Waals surface area contributed by atoms with Gasteiger partial charge in [0.2, 0.25) is 0 Å². The van der Waals surface area contributed by atoms with Gasteiger partial charge in [0.1, 0.15) is 0 Å². The van der Waals surface area contributed by atoms with E-state index in [-0.39, 0.29) is 0 Å². The zero-order valence-corrected chi connectivity index (χ0v) is 11.2. The van der Waals surface area contributed by atoms with Gasteiger partial charge < -0.3 is 9.47 Å². The molecule has 0 saturated heterocycles. The SMILES string of the molecule is COc1cc2cc3c(c(C)c2cc1OC)CCC3. The molecule has 0 aliphatic heterocycles. The van der Waals surface area contributed by atoms with Gasteiger partial charge in [-0.05, 0) is 65.8 Å². The number of methoxy groups -OCH3 is 2. The summed E-state index contributed by atoms with van der Waals surface area (Å²) in [4.78, 5) is 0. The fourth-order valence-corrected chi connectivity index (χ4v) is 3.04. The van der Waals surface area contributed by atoms with Crippen molar-refractivity contribution in [2.75, 3.05) is 14.2 Å². The predicted octanol–water partition coefficient (Wildman–Crippen LogP) is 3.65. The van der Waals surface area contributed by atoms with Crippen molar-refractivity contribution in [1.29, 1.82) is 0 Å². The van der Waals surface area contributed by atoms with Crippen LogP contribution in [0, 0.1) is 6.92 Å². The highest BCUT2D eigenvalue weighted by molar-refractivity contribution is 5.90. The highest BCUT2D eigenvalue weighted by atomic mass is 16.5. The molecule has 2 nitrogen and oxygen atoms in total. The Morgan fingerprint density at radius 1 is 0.944 bits per heavy atom. The number of aryl methyl sites for hydroxylation is 2.